The number of anilines is 1. The van der Waals surface area contributed by atoms with Crippen LogP contribution in [0.2, 0.25) is 5.15 Å². The third-order valence-electron chi connectivity index (χ3n) is 2.15. The monoisotopic (exact) mass is 250 g/mol. The van der Waals surface area contributed by atoms with Gasteiger partial charge in [-0.15, -0.1) is 0 Å². The third-order valence-corrected chi connectivity index (χ3v) is 2.42. The molecule has 0 unspecified atom stereocenters. The minimum absolute atomic E-state index is 0.288. The van der Waals surface area contributed by atoms with Crippen molar-refractivity contribution in [3.63, 3.8) is 0 Å². The molecule has 0 radical (unpaired) electrons. The highest BCUT2D eigenvalue weighted by molar-refractivity contribution is 6.31. The van der Waals surface area contributed by atoms with Gasteiger partial charge >= 0.3 is 0 Å². The number of nitrogens with zero attached hydrogens (tertiary/aromatic N) is 3. The SMILES string of the molecule is COc1c(Cl)ncnc1NCc1cccnc1. The van der Waals surface area contributed by atoms with Gasteiger partial charge in [0.2, 0.25) is 0 Å². The summed E-state index contributed by atoms with van der Waals surface area (Å²) in [4.78, 5) is 11.9. The number of ether oxygens (including phenoxy) is 1. The fraction of sp³-hybridized carbons (Fsp3) is 0.182. The van der Waals surface area contributed by atoms with Gasteiger partial charge < -0.3 is 10.1 Å². The van der Waals surface area contributed by atoms with Crippen LogP contribution in [-0.4, -0.2) is 22.1 Å². The van der Waals surface area contributed by atoms with Gasteiger partial charge in [0.05, 0.1) is 7.11 Å². The topological polar surface area (TPSA) is 59.9 Å². The molecule has 0 amide bonds. The molecule has 5 nitrogen and oxygen atoms in total. The molecule has 0 atom stereocenters. The number of rotatable bonds is 4. The first-order valence-electron chi connectivity index (χ1n) is 4.98. The molecule has 2 aromatic heterocycles. The number of hydrogen-bond acceptors (Lipinski definition) is 5. The average Bonchev–Trinajstić information content (AvgIpc) is 2.37. The van der Waals surface area contributed by atoms with Crippen LogP contribution in [0.25, 0.3) is 0 Å². The highest BCUT2D eigenvalue weighted by Crippen LogP contribution is 2.28. The summed E-state index contributed by atoms with van der Waals surface area (Å²) in [5, 5.41) is 3.41. The fourth-order valence-corrected chi connectivity index (χ4v) is 1.56. The second-order valence-corrected chi connectivity index (χ2v) is 3.62. The molecule has 0 saturated carbocycles. The van der Waals surface area contributed by atoms with Crippen LogP contribution in [-0.2, 0) is 6.54 Å². The normalized spacial score (nSPS) is 10.0. The Labute approximate surface area is 104 Å². The summed E-state index contributed by atoms with van der Waals surface area (Å²) < 4.78 is 5.13. The summed E-state index contributed by atoms with van der Waals surface area (Å²) in [5.74, 6) is 1.01. The van der Waals surface area contributed by atoms with Gasteiger partial charge in [0.25, 0.3) is 0 Å². The van der Waals surface area contributed by atoms with E-state index in [1.807, 2.05) is 12.1 Å². The zero-order chi connectivity index (χ0) is 12.1. The third kappa shape index (κ3) is 2.82. The van der Waals surface area contributed by atoms with Crippen LogP contribution in [0.3, 0.4) is 0 Å². The zero-order valence-corrected chi connectivity index (χ0v) is 9.98. The van der Waals surface area contributed by atoms with E-state index >= 15 is 0 Å². The van der Waals surface area contributed by atoms with E-state index in [9.17, 15) is 0 Å². The Balaban J connectivity index is 2.12. The van der Waals surface area contributed by atoms with Crippen LogP contribution in [0, 0.1) is 0 Å². The Morgan fingerprint density at radius 3 is 3.00 bits per heavy atom. The summed E-state index contributed by atoms with van der Waals surface area (Å²) in [6.45, 7) is 0.595. The molecular weight excluding hydrogens is 240 g/mol. The molecule has 1 N–H and O–H groups in total. The van der Waals surface area contributed by atoms with Crippen LogP contribution in [0.1, 0.15) is 5.56 Å². The molecule has 2 heterocycles. The van der Waals surface area contributed by atoms with Gasteiger partial charge in [0.1, 0.15) is 6.33 Å². The lowest BCUT2D eigenvalue weighted by Gasteiger charge is -2.10. The van der Waals surface area contributed by atoms with Crippen LogP contribution < -0.4 is 10.1 Å². The standard InChI is InChI=1S/C11H11ClN4O/c1-17-9-10(12)15-7-16-11(9)14-6-8-3-2-4-13-5-8/h2-5,7H,6H2,1H3,(H,14,15,16). The van der Waals surface area contributed by atoms with Crippen molar-refractivity contribution >= 4 is 17.4 Å². The first-order chi connectivity index (χ1) is 8.31. The molecule has 88 valence electrons. The lowest BCUT2D eigenvalue weighted by molar-refractivity contribution is 0.413. The molecule has 0 fully saturated rings. The first-order valence-corrected chi connectivity index (χ1v) is 5.36. The number of pyridine rings is 1. The predicted molar refractivity (Wildman–Crippen MR) is 65.2 cm³/mol. The molecule has 2 rings (SSSR count). The van der Waals surface area contributed by atoms with Crippen molar-refractivity contribution in [2.45, 2.75) is 6.54 Å². The molecule has 0 aliphatic rings. The molecule has 2 aromatic rings. The summed E-state index contributed by atoms with van der Waals surface area (Å²) in [6, 6.07) is 3.84. The maximum absolute atomic E-state index is 5.88. The van der Waals surface area contributed by atoms with E-state index in [-0.39, 0.29) is 5.15 Å². The van der Waals surface area contributed by atoms with Gasteiger partial charge in [0.15, 0.2) is 16.7 Å². The number of aromatic nitrogens is 3. The van der Waals surface area contributed by atoms with Gasteiger partial charge in [-0.3, -0.25) is 4.98 Å². The van der Waals surface area contributed by atoms with E-state index in [2.05, 4.69) is 20.3 Å². The van der Waals surface area contributed by atoms with Crippen LogP contribution in [0.15, 0.2) is 30.9 Å². The molecule has 0 aliphatic carbocycles. The number of nitrogens with one attached hydrogen (secondary N) is 1. The molecule has 6 heteroatoms. The second-order valence-electron chi connectivity index (χ2n) is 3.26. The van der Waals surface area contributed by atoms with Crippen molar-refractivity contribution in [3.8, 4) is 5.75 Å². The van der Waals surface area contributed by atoms with E-state index in [0.29, 0.717) is 18.1 Å². The van der Waals surface area contributed by atoms with E-state index in [1.165, 1.54) is 13.4 Å². The molecule has 0 aliphatic heterocycles. The smallest absolute Gasteiger partial charge is 0.198 e. The molecule has 0 spiro atoms. The number of methoxy groups -OCH3 is 1. The van der Waals surface area contributed by atoms with Crippen molar-refractivity contribution in [2.75, 3.05) is 12.4 Å². The molecular formula is C11H11ClN4O. The largest absolute Gasteiger partial charge is 0.490 e. The van der Waals surface area contributed by atoms with Crippen LogP contribution in [0.5, 0.6) is 5.75 Å². The quantitative estimate of drug-likeness (QED) is 0.843. The fourth-order valence-electron chi connectivity index (χ4n) is 1.35. The van der Waals surface area contributed by atoms with Crippen LogP contribution >= 0.6 is 11.6 Å². The summed E-state index contributed by atoms with van der Waals surface area (Å²) in [7, 11) is 1.53. The van der Waals surface area contributed by atoms with E-state index in [4.69, 9.17) is 16.3 Å². The molecule has 0 bridgehead atoms. The number of halogens is 1. The Bertz CT molecular complexity index is 492. The van der Waals surface area contributed by atoms with Gasteiger partial charge in [-0.1, -0.05) is 17.7 Å². The van der Waals surface area contributed by atoms with Crippen molar-refractivity contribution < 1.29 is 4.74 Å². The number of hydrogen-bond donors (Lipinski definition) is 1. The van der Waals surface area contributed by atoms with E-state index in [0.717, 1.165) is 5.56 Å². The Kier molecular flexibility index (Phi) is 3.72. The summed E-state index contributed by atoms with van der Waals surface area (Å²) in [5.41, 5.74) is 1.05. The maximum atomic E-state index is 5.88. The minimum Gasteiger partial charge on any atom is -0.490 e. The van der Waals surface area contributed by atoms with Gasteiger partial charge in [-0.2, -0.15) is 0 Å². The first kappa shape index (κ1) is 11.6. The summed E-state index contributed by atoms with van der Waals surface area (Å²) in [6.07, 6.45) is 4.89. The Morgan fingerprint density at radius 2 is 2.29 bits per heavy atom. The Hall–Kier alpha value is -1.88. The zero-order valence-electron chi connectivity index (χ0n) is 9.22. The average molecular weight is 251 g/mol. The summed E-state index contributed by atoms with van der Waals surface area (Å²) >= 11 is 5.88. The van der Waals surface area contributed by atoms with Crippen LogP contribution in [0.4, 0.5) is 5.82 Å². The van der Waals surface area contributed by atoms with Crippen molar-refractivity contribution in [1.29, 1.82) is 0 Å². The van der Waals surface area contributed by atoms with Gasteiger partial charge in [0, 0.05) is 18.9 Å². The predicted octanol–water partition coefficient (Wildman–Crippen LogP) is 2.15. The molecule has 0 saturated heterocycles. The van der Waals surface area contributed by atoms with Crippen molar-refractivity contribution in [2.24, 2.45) is 0 Å². The molecule has 17 heavy (non-hydrogen) atoms. The lowest BCUT2D eigenvalue weighted by Crippen LogP contribution is -2.04. The molecule has 0 aromatic carbocycles. The highest BCUT2D eigenvalue weighted by Gasteiger charge is 2.09. The van der Waals surface area contributed by atoms with E-state index < -0.39 is 0 Å². The minimum atomic E-state index is 0.288. The van der Waals surface area contributed by atoms with Gasteiger partial charge in [-0.05, 0) is 11.6 Å². The van der Waals surface area contributed by atoms with E-state index in [1.54, 1.807) is 12.4 Å². The highest BCUT2D eigenvalue weighted by atomic mass is 35.5. The van der Waals surface area contributed by atoms with Crippen molar-refractivity contribution in [1.82, 2.24) is 15.0 Å². The Morgan fingerprint density at radius 1 is 1.41 bits per heavy atom. The lowest BCUT2D eigenvalue weighted by atomic mass is 10.3. The second kappa shape index (κ2) is 5.45. The maximum Gasteiger partial charge on any atom is 0.198 e. The van der Waals surface area contributed by atoms with Gasteiger partial charge in [-0.25, -0.2) is 9.97 Å². The van der Waals surface area contributed by atoms with Crippen molar-refractivity contribution in [3.05, 3.63) is 41.6 Å².